The first-order valence-corrected chi connectivity index (χ1v) is 27.8. The minimum absolute atomic E-state index is 0.00960. The molecule has 0 saturated heterocycles. The van der Waals surface area contributed by atoms with Gasteiger partial charge in [-0.15, -0.1) is 17.8 Å². The summed E-state index contributed by atoms with van der Waals surface area (Å²) in [7, 11) is -3.05. The quantitative estimate of drug-likeness (QED) is 0.0353. The van der Waals surface area contributed by atoms with Crippen molar-refractivity contribution in [1.82, 2.24) is 0 Å². The molecule has 0 saturated carbocycles. The van der Waals surface area contributed by atoms with Crippen LogP contribution in [0.1, 0.15) is 138 Å². The molecule has 62 heavy (non-hydrogen) atoms. The van der Waals surface area contributed by atoms with Crippen molar-refractivity contribution in [3.63, 3.8) is 0 Å². The number of hydrogen-bond donors (Lipinski definition) is 2. The van der Waals surface area contributed by atoms with E-state index in [-0.39, 0.29) is 52.1 Å². The van der Waals surface area contributed by atoms with E-state index in [1.165, 1.54) is 6.07 Å². The van der Waals surface area contributed by atoms with E-state index in [1.54, 1.807) is 20.1 Å². The number of aromatic hydroxyl groups is 2. The van der Waals surface area contributed by atoms with Crippen LogP contribution in [0, 0.1) is 41.4 Å². The molecule has 6 atom stereocenters. The van der Waals surface area contributed by atoms with Crippen molar-refractivity contribution in [1.29, 1.82) is 0 Å². The standard InChI is InChI=1S/C52H82O8Si2/c1-18-20-24-39(9)48(59-62(36(3)4,37(5)6)38(7)8)33-43-32-44(53)34-46(54)49(43)51(55)58-47(26-21-19-2)41(11)50(60-61(16,17)52(12,13)14)40(10)25-22-23-31-57-35-42-27-29-45(56-15)30-28-42/h22-23,27-30,32,34,36-41,47-48,50,53-54H,24-26,31,33,35H2,1-17H3/b23-22-/t39-,40+,41+,47-,48+,50+/m0/s1. The molecule has 2 N–H and O–H groups in total. The van der Waals surface area contributed by atoms with Crippen LogP contribution in [0.3, 0.4) is 0 Å². The zero-order valence-corrected chi connectivity index (χ0v) is 43.4. The number of rotatable bonds is 24. The van der Waals surface area contributed by atoms with Crippen molar-refractivity contribution in [3.05, 3.63) is 65.2 Å². The molecule has 2 aromatic rings. The number of phenols is 2. The molecule has 2 rings (SSSR count). The van der Waals surface area contributed by atoms with Crippen LogP contribution < -0.4 is 4.74 Å². The zero-order chi connectivity index (χ0) is 47.0. The summed E-state index contributed by atoms with van der Waals surface area (Å²) in [6.07, 6.45) is 4.86. The van der Waals surface area contributed by atoms with Crippen molar-refractivity contribution >= 4 is 22.6 Å². The maximum absolute atomic E-state index is 14.6. The predicted molar refractivity (Wildman–Crippen MR) is 261 cm³/mol. The largest absolute Gasteiger partial charge is 0.508 e. The highest BCUT2D eigenvalue weighted by Gasteiger charge is 2.48. The second-order valence-electron chi connectivity index (χ2n) is 19.6. The van der Waals surface area contributed by atoms with E-state index in [4.69, 9.17) is 23.1 Å². The molecule has 0 radical (unpaired) electrons. The summed E-state index contributed by atoms with van der Waals surface area (Å²) in [5.74, 6) is 11.9. The van der Waals surface area contributed by atoms with E-state index < -0.39 is 28.7 Å². The summed E-state index contributed by atoms with van der Waals surface area (Å²) in [6.45, 7) is 35.7. The number of carbonyl (C=O) groups excluding carboxylic acids is 1. The lowest BCUT2D eigenvalue weighted by Gasteiger charge is -2.46. The fraction of sp³-hybridized carbons (Fsp3) is 0.635. The van der Waals surface area contributed by atoms with E-state index in [2.05, 4.69) is 126 Å². The summed E-state index contributed by atoms with van der Waals surface area (Å²) < 4.78 is 32.3. The fourth-order valence-corrected chi connectivity index (χ4v) is 15.5. The van der Waals surface area contributed by atoms with Crippen LogP contribution in [-0.4, -0.2) is 64.8 Å². The van der Waals surface area contributed by atoms with Crippen LogP contribution in [0.15, 0.2) is 48.6 Å². The van der Waals surface area contributed by atoms with Crippen molar-refractivity contribution in [2.24, 2.45) is 17.8 Å². The maximum Gasteiger partial charge on any atom is 0.342 e. The van der Waals surface area contributed by atoms with Gasteiger partial charge in [-0.2, -0.15) is 0 Å². The second-order valence-corrected chi connectivity index (χ2v) is 29.8. The number of hydrogen-bond acceptors (Lipinski definition) is 8. The SMILES string of the molecule is CC#CC[C@H](OC(=O)c1c(O)cc(O)cc1C[C@@H](O[Si](C(C)C)(C(C)C)C(C)C)[C@@H](C)CC#CC)[C@@H](C)[C@H](O[Si](C)(C)C(C)(C)C)[C@H](C)C/C=C\COCc1ccc(OC)cc1. The Balaban J connectivity index is 2.54. The van der Waals surface area contributed by atoms with Gasteiger partial charge >= 0.3 is 5.97 Å². The van der Waals surface area contributed by atoms with Crippen LogP contribution in [0.4, 0.5) is 0 Å². The number of ether oxygens (including phenoxy) is 3. The Morgan fingerprint density at radius 2 is 1.37 bits per heavy atom. The average molecular weight is 891 g/mol. The number of phenolic OH excluding ortho intramolecular Hbond substituents is 2. The van der Waals surface area contributed by atoms with Crippen LogP contribution in [0.25, 0.3) is 0 Å². The molecule has 346 valence electrons. The summed E-state index contributed by atoms with van der Waals surface area (Å²) in [5.41, 5.74) is 2.57. The third kappa shape index (κ3) is 15.3. The molecule has 0 aliphatic heterocycles. The number of esters is 1. The van der Waals surface area contributed by atoms with Gasteiger partial charge in [-0.3, -0.25) is 0 Å². The molecule has 0 bridgehead atoms. The molecule has 0 fully saturated rings. The van der Waals surface area contributed by atoms with Crippen LogP contribution in [0.2, 0.25) is 34.8 Å². The molecule has 2 aromatic carbocycles. The van der Waals surface area contributed by atoms with Crippen molar-refractivity contribution in [2.75, 3.05) is 13.7 Å². The van der Waals surface area contributed by atoms with Gasteiger partial charge in [-0.25, -0.2) is 4.79 Å². The number of allylic oxidation sites excluding steroid dienone is 1. The Labute approximate surface area is 379 Å². The molecule has 10 heteroatoms. The number of methoxy groups -OCH3 is 1. The molecule has 0 spiro atoms. The zero-order valence-electron chi connectivity index (χ0n) is 41.4. The van der Waals surface area contributed by atoms with Gasteiger partial charge in [0.2, 0.25) is 8.32 Å². The Bertz CT molecular complexity index is 1820. The maximum atomic E-state index is 14.6. The predicted octanol–water partition coefficient (Wildman–Crippen LogP) is 13.0. The van der Waals surface area contributed by atoms with E-state index >= 15 is 0 Å². The summed E-state index contributed by atoms with van der Waals surface area (Å²) in [4.78, 5) is 14.6. The van der Waals surface area contributed by atoms with E-state index in [9.17, 15) is 15.0 Å². The molecule has 0 amide bonds. The molecular weight excluding hydrogens is 809 g/mol. The van der Waals surface area contributed by atoms with Gasteiger partial charge < -0.3 is 33.3 Å². The summed E-state index contributed by atoms with van der Waals surface area (Å²) in [5, 5.41) is 22.3. The number of carbonyl (C=O) groups is 1. The third-order valence-electron chi connectivity index (χ3n) is 13.1. The van der Waals surface area contributed by atoms with E-state index in [0.29, 0.717) is 54.7 Å². The molecule has 0 heterocycles. The topological polar surface area (TPSA) is 104 Å². The molecule has 8 nitrogen and oxygen atoms in total. The first kappa shape index (κ1) is 54.6. The minimum Gasteiger partial charge on any atom is -0.508 e. The summed E-state index contributed by atoms with van der Waals surface area (Å²) >= 11 is 0. The van der Waals surface area contributed by atoms with Crippen molar-refractivity contribution < 1.29 is 38.1 Å². The van der Waals surface area contributed by atoms with Crippen molar-refractivity contribution in [2.45, 2.75) is 182 Å². The highest BCUT2D eigenvalue weighted by molar-refractivity contribution is 6.77. The average Bonchev–Trinajstić information content (AvgIpc) is 3.19. The third-order valence-corrected chi connectivity index (χ3v) is 23.7. The Kier molecular flexibility index (Phi) is 22.1. The van der Waals surface area contributed by atoms with Gasteiger partial charge in [0, 0.05) is 24.8 Å². The van der Waals surface area contributed by atoms with Crippen molar-refractivity contribution in [3.8, 4) is 40.9 Å². The van der Waals surface area contributed by atoms with Gasteiger partial charge in [0.1, 0.15) is 28.9 Å². The van der Waals surface area contributed by atoms with Gasteiger partial charge in [0.25, 0.3) is 0 Å². The lowest BCUT2D eigenvalue weighted by Crippen LogP contribution is -2.51. The van der Waals surface area contributed by atoms with E-state index in [1.807, 2.05) is 37.3 Å². The molecule has 0 aromatic heterocycles. The highest BCUT2D eigenvalue weighted by atomic mass is 28.4. The molecule has 0 unspecified atom stereocenters. The smallest absolute Gasteiger partial charge is 0.342 e. The van der Waals surface area contributed by atoms with Gasteiger partial charge in [-0.05, 0) is 103 Å². The van der Waals surface area contributed by atoms with Crippen LogP contribution >= 0.6 is 0 Å². The minimum atomic E-state index is -2.40. The summed E-state index contributed by atoms with van der Waals surface area (Å²) in [6, 6.07) is 10.6. The van der Waals surface area contributed by atoms with Crippen LogP contribution in [0.5, 0.6) is 17.2 Å². The van der Waals surface area contributed by atoms with E-state index in [0.717, 1.165) is 17.7 Å². The first-order valence-electron chi connectivity index (χ1n) is 22.7. The Hall–Kier alpha value is -3.52. The highest BCUT2D eigenvalue weighted by Crippen LogP contribution is 2.45. The normalized spacial score (nSPS) is 15.4. The number of benzene rings is 2. The van der Waals surface area contributed by atoms with Gasteiger partial charge in [0.05, 0.1) is 32.5 Å². The molecular formula is C52H82O8Si2. The fourth-order valence-electron chi connectivity index (χ4n) is 8.39. The van der Waals surface area contributed by atoms with Crippen LogP contribution in [-0.2, 0) is 31.4 Å². The molecule has 0 aliphatic rings. The monoisotopic (exact) mass is 891 g/mol. The second kappa shape index (κ2) is 25.1. The lowest BCUT2D eigenvalue weighted by atomic mass is 9.86. The molecule has 0 aliphatic carbocycles. The Morgan fingerprint density at radius 1 is 0.790 bits per heavy atom. The lowest BCUT2D eigenvalue weighted by molar-refractivity contribution is -0.0217. The van der Waals surface area contributed by atoms with Gasteiger partial charge in [0.15, 0.2) is 8.32 Å². The Morgan fingerprint density at radius 3 is 1.90 bits per heavy atom. The van der Waals surface area contributed by atoms with Gasteiger partial charge in [-0.1, -0.05) is 113 Å². The first-order chi connectivity index (χ1) is 29.0.